The number of hydrogen-bond donors (Lipinski definition) is 1. The first-order chi connectivity index (χ1) is 8.26. The fraction of sp³-hybridized carbons (Fsp3) is 0.786. The average Bonchev–Trinajstić information content (AvgIpc) is 3.01. The van der Waals surface area contributed by atoms with Gasteiger partial charge in [-0.05, 0) is 56.0 Å². The van der Waals surface area contributed by atoms with Gasteiger partial charge in [-0.2, -0.15) is 5.10 Å². The van der Waals surface area contributed by atoms with Crippen LogP contribution < -0.4 is 5.32 Å². The maximum atomic E-state index is 4.27. The normalized spacial score (nSPS) is 33.2. The summed E-state index contributed by atoms with van der Waals surface area (Å²) in [5.41, 5.74) is 1.37. The Balaban J connectivity index is 1.67. The highest BCUT2D eigenvalue weighted by molar-refractivity contribution is 5.08. The van der Waals surface area contributed by atoms with Gasteiger partial charge in [0, 0.05) is 19.3 Å². The molecule has 2 bridgehead atoms. The molecular formula is C14H23N3. The molecule has 1 aromatic heterocycles. The molecule has 2 fully saturated rings. The van der Waals surface area contributed by atoms with Crippen LogP contribution in [0.3, 0.4) is 0 Å². The van der Waals surface area contributed by atoms with E-state index < -0.39 is 0 Å². The molecule has 0 aliphatic heterocycles. The Labute approximate surface area is 104 Å². The predicted molar refractivity (Wildman–Crippen MR) is 68.7 cm³/mol. The van der Waals surface area contributed by atoms with Gasteiger partial charge in [0.25, 0.3) is 0 Å². The van der Waals surface area contributed by atoms with E-state index in [1.54, 1.807) is 0 Å². The van der Waals surface area contributed by atoms with Crippen LogP contribution in [0.25, 0.3) is 0 Å². The van der Waals surface area contributed by atoms with Crippen LogP contribution in [0.1, 0.15) is 31.2 Å². The minimum atomic E-state index is 0.648. The van der Waals surface area contributed by atoms with Crippen LogP contribution in [0, 0.1) is 17.8 Å². The highest BCUT2D eigenvalue weighted by Gasteiger charge is 2.42. The van der Waals surface area contributed by atoms with Gasteiger partial charge in [-0.1, -0.05) is 6.42 Å². The van der Waals surface area contributed by atoms with Crippen molar-refractivity contribution < 1.29 is 0 Å². The number of fused-ring (bicyclic) bond motifs is 2. The number of aryl methyl sites for hydroxylation is 1. The summed E-state index contributed by atoms with van der Waals surface area (Å²) >= 11 is 0. The lowest BCUT2D eigenvalue weighted by Gasteiger charge is -2.30. The third-order valence-corrected chi connectivity index (χ3v) is 4.89. The average molecular weight is 233 g/mol. The molecule has 2 aliphatic rings. The second-order valence-corrected chi connectivity index (χ2v) is 5.96. The number of likely N-dealkylation sites (N-methyl/N-ethyl adjacent to an activating group) is 1. The Morgan fingerprint density at radius 1 is 1.47 bits per heavy atom. The summed E-state index contributed by atoms with van der Waals surface area (Å²) < 4.78 is 1.91. The molecule has 0 amide bonds. The van der Waals surface area contributed by atoms with Gasteiger partial charge in [-0.25, -0.2) is 0 Å². The number of nitrogens with zero attached hydrogens (tertiary/aromatic N) is 2. The van der Waals surface area contributed by atoms with Crippen LogP contribution in [-0.4, -0.2) is 22.9 Å². The molecule has 2 saturated carbocycles. The second kappa shape index (κ2) is 4.45. The first-order valence-electron chi connectivity index (χ1n) is 6.91. The highest BCUT2D eigenvalue weighted by Crippen LogP contribution is 2.49. The molecule has 17 heavy (non-hydrogen) atoms. The molecule has 4 unspecified atom stereocenters. The van der Waals surface area contributed by atoms with Crippen LogP contribution in [0.4, 0.5) is 0 Å². The van der Waals surface area contributed by atoms with E-state index in [1.165, 1.54) is 31.2 Å². The van der Waals surface area contributed by atoms with Gasteiger partial charge in [-0.3, -0.25) is 4.68 Å². The van der Waals surface area contributed by atoms with Crippen molar-refractivity contribution >= 4 is 0 Å². The molecular weight excluding hydrogens is 210 g/mol. The van der Waals surface area contributed by atoms with Crippen LogP contribution in [0.5, 0.6) is 0 Å². The number of hydrogen-bond acceptors (Lipinski definition) is 2. The monoisotopic (exact) mass is 233 g/mol. The van der Waals surface area contributed by atoms with Gasteiger partial charge in [-0.15, -0.1) is 0 Å². The quantitative estimate of drug-likeness (QED) is 0.862. The summed E-state index contributed by atoms with van der Waals surface area (Å²) in [6.07, 6.45) is 11.2. The summed E-state index contributed by atoms with van der Waals surface area (Å²) in [5.74, 6) is 2.93. The largest absolute Gasteiger partial charge is 0.316 e. The van der Waals surface area contributed by atoms with Crippen molar-refractivity contribution in [2.75, 3.05) is 7.05 Å². The summed E-state index contributed by atoms with van der Waals surface area (Å²) in [6, 6.07) is 0.648. The SMILES string of the molecule is CNC(Cc1cnn(C)c1)C1CC2CCC1C2. The van der Waals surface area contributed by atoms with Crippen LogP contribution in [0.2, 0.25) is 0 Å². The molecule has 4 atom stereocenters. The first-order valence-corrected chi connectivity index (χ1v) is 6.91. The van der Waals surface area contributed by atoms with E-state index in [4.69, 9.17) is 0 Å². The molecule has 3 rings (SSSR count). The van der Waals surface area contributed by atoms with Crippen molar-refractivity contribution in [1.82, 2.24) is 15.1 Å². The highest BCUT2D eigenvalue weighted by atomic mass is 15.2. The van der Waals surface area contributed by atoms with Gasteiger partial charge in [0.2, 0.25) is 0 Å². The zero-order valence-electron chi connectivity index (χ0n) is 10.9. The van der Waals surface area contributed by atoms with Gasteiger partial charge in [0.05, 0.1) is 6.20 Å². The zero-order chi connectivity index (χ0) is 11.8. The zero-order valence-corrected chi connectivity index (χ0v) is 10.9. The molecule has 3 nitrogen and oxygen atoms in total. The van der Waals surface area contributed by atoms with Gasteiger partial charge in [0.15, 0.2) is 0 Å². The third kappa shape index (κ3) is 2.13. The van der Waals surface area contributed by atoms with Crippen molar-refractivity contribution in [2.24, 2.45) is 24.8 Å². The third-order valence-electron chi connectivity index (χ3n) is 4.89. The minimum absolute atomic E-state index is 0.648. The van der Waals surface area contributed by atoms with Crippen molar-refractivity contribution in [3.63, 3.8) is 0 Å². The van der Waals surface area contributed by atoms with Crippen LogP contribution in [0.15, 0.2) is 12.4 Å². The van der Waals surface area contributed by atoms with Gasteiger partial charge < -0.3 is 5.32 Å². The first kappa shape index (κ1) is 11.3. The number of aromatic nitrogens is 2. The smallest absolute Gasteiger partial charge is 0.0522 e. The van der Waals surface area contributed by atoms with Gasteiger partial charge in [0.1, 0.15) is 0 Å². The molecule has 1 heterocycles. The standard InChI is InChI=1S/C14H23N3/c1-15-14(7-11-8-16-17(2)9-11)13-6-10-3-4-12(13)5-10/h8-10,12-15H,3-7H2,1-2H3. The summed E-state index contributed by atoms with van der Waals surface area (Å²) in [4.78, 5) is 0. The fourth-order valence-corrected chi connectivity index (χ4v) is 4.09. The lowest BCUT2D eigenvalue weighted by Crippen LogP contribution is -2.38. The molecule has 0 radical (unpaired) electrons. The maximum absolute atomic E-state index is 4.27. The van der Waals surface area contributed by atoms with Crippen LogP contribution >= 0.6 is 0 Å². The number of rotatable bonds is 4. The Bertz CT molecular complexity index is 385. The van der Waals surface area contributed by atoms with E-state index in [9.17, 15) is 0 Å². The van der Waals surface area contributed by atoms with Crippen molar-refractivity contribution in [3.05, 3.63) is 18.0 Å². The molecule has 0 spiro atoms. The van der Waals surface area contributed by atoms with E-state index in [0.717, 1.165) is 24.2 Å². The van der Waals surface area contributed by atoms with Crippen molar-refractivity contribution in [3.8, 4) is 0 Å². The molecule has 0 aromatic carbocycles. The molecule has 1 N–H and O–H groups in total. The molecule has 2 aliphatic carbocycles. The molecule has 94 valence electrons. The predicted octanol–water partition coefficient (Wildman–Crippen LogP) is 1.99. The second-order valence-electron chi connectivity index (χ2n) is 5.96. The fourth-order valence-electron chi connectivity index (χ4n) is 4.09. The molecule has 1 aromatic rings. The van der Waals surface area contributed by atoms with E-state index in [-0.39, 0.29) is 0 Å². The van der Waals surface area contributed by atoms with E-state index in [1.807, 2.05) is 17.9 Å². The Morgan fingerprint density at radius 3 is 2.88 bits per heavy atom. The minimum Gasteiger partial charge on any atom is -0.316 e. The van der Waals surface area contributed by atoms with E-state index in [2.05, 4.69) is 23.7 Å². The van der Waals surface area contributed by atoms with Crippen molar-refractivity contribution in [1.29, 1.82) is 0 Å². The lowest BCUT2D eigenvalue weighted by atomic mass is 9.81. The van der Waals surface area contributed by atoms with Crippen LogP contribution in [-0.2, 0) is 13.5 Å². The van der Waals surface area contributed by atoms with E-state index >= 15 is 0 Å². The maximum Gasteiger partial charge on any atom is 0.0522 e. The summed E-state index contributed by atoms with van der Waals surface area (Å²) in [7, 11) is 4.11. The van der Waals surface area contributed by atoms with Crippen molar-refractivity contribution in [2.45, 2.75) is 38.1 Å². The number of nitrogens with one attached hydrogen (secondary N) is 1. The lowest BCUT2D eigenvalue weighted by molar-refractivity contribution is 0.255. The summed E-state index contributed by atoms with van der Waals surface area (Å²) in [5, 5.41) is 7.82. The Hall–Kier alpha value is -0.830. The topological polar surface area (TPSA) is 29.9 Å². The van der Waals surface area contributed by atoms with Gasteiger partial charge >= 0.3 is 0 Å². The Kier molecular flexibility index (Phi) is 2.95. The Morgan fingerprint density at radius 2 is 2.35 bits per heavy atom. The molecule has 0 saturated heterocycles. The van der Waals surface area contributed by atoms with E-state index in [0.29, 0.717) is 6.04 Å². The molecule has 3 heteroatoms. The summed E-state index contributed by atoms with van der Waals surface area (Å²) in [6.45, 7) is 0.